The van der Waals surface area contributed by atoms with Crippen LogP contribution in [0.4, 0.5) is 0 Å². The van der Waals surface area contributed by atoms with E-state index in [1.807, 2.05) is 0 Å². The van der Waals surface area contributed by atoms with Crippen LogP contribution in [0.25, 0.3) is 0 Å². The van der Waals surface area contributed by atoms with E-state index in [0.717, 1.165) is 0 Å². The molecule has 0 aromatic heterocycles. The van der Waals surface area contributed by atoms with Gasteiger partial charge < -0.3 is 0 Å². The third-order valence-electron chi connectivity index (χ3n) is 0.927. The van der Waals surface area contributed by atoms with E-state index in [4.69, 9.17) is 3.44 Å². The van der Waals surface area contributed by atoms with Gasteiger partial charge in [0.15, 0.2) is 0 Å². The molecule has 0 heterocycles. The molecule has 9 heavy (non-hydrogen) atoms. The first-order valence-electron chi connectivity index (χ1n) is 2.92. The van der Waals surface area contributed by atoms with Gasteiger partial charge in [0, 0.05) is 0 Å². The Hall–Kier alpha value is 1.39. The Labute approximate surface area is 71.2 Å². The molecule has 1 atom stereocenters. The number of hydrogen-bond acceptors (Lipinski definition) is 3. The van der Waals surface area contributed by atoms with Crippen LogP contribution >= 0.6 is 36.2 Å². The molecule has 58 valence electrons. The van der Waals surface area contributed by atoms with Gasteiger partial charge in [0.2, 0.25) is 0 Å². The van der Waals surface area contributed by atoms with Gasteiger partial charge in [0.1, 0.15) is 0 Å². The van der Waals surface area contributed by atoms with Crippen LogP contribution < -0.4 is 0 Å². The van der Waals surface area contributed by atoms with Crippen molar-refractivity contribution in [2.45, 2.75) is 31.9 Å². The molecule has 0 rings (SSSR count). The van der Waals surface area contributed by atoms with Crippen LogP contribution in [0.1, 0.15) is 26.7 Å². The molecule has 1 N–H and O–H groups in total. The molecule has 0 saturated carbocycles. The Balaban J connectivity index is 3.15. The summed E-state index contributed by atoms with van der Waals surface area (Å²) in [6.45, 7) is 4.30. The second-order valence-corrected chi connectivity index (χ2v) is 11.3. The molecule has 0 radical (unpaired) electrons. The van der Waals surface area contributed by atoms with Crippen molar-refractivity contribution in [3.8, 4) is 0 Å². The number of halogens is 1. The van der Waals surface area contributed by atoms with Gasteiger partial charge in [0.05, 0.1) is 0 Å². The van der Waals surface area contributed by atoms with E-state index in [9.17, 15) is 0 Å². The van der Waals surface area contributed by atoms with Crippen LogP contribution in [0.2, 0.25) is 0 Å². The molecule has 0 fully saturated rings. The summed E-state index contributed by atoms with van der Waals surface area (Å²) < 4.78 is 8.93. The number of thiol groups is 1. The second-order valence-electron chi connectivity index (χ2n) is 1.90. The zero-order valence-corrected chi connectivity index (χ0v) is 9.54. The van der Waals surface area contributed by atoms with Gasteiger partial charge in [-0.25, -0.2) is 0 Å². The molecule has 0 aliphatic carbocycles. The monoisotopic (exact) mass is 280 g/mol. The fourth-order valence-corrected chi connectivity index (χ4v) is 7.01. The minimum absolute atomic E-state index is 0.600. The fourth-order valence-electron chi connectivity index (χ4n) is 0.587. The molecule has 0 aromatic carbocycles. The van der Waals surface area contributed by atoms with E-state index in [1.165, 1.54) is 12.8 Å². The maximum atomic E-state index is 8.93. The quantitative estimate of drug-likeness (QED) is 0.609. The zero-order valence-electron chi connectivity index (χ0n) is 5.67. The van der Waals surface area contributed by atoms with Gasteiger partial charge in [-0.05, 0) is 0 Å². The Morgan fingerprint density at radius 3 is 2.67 bits per heavy atom. The van der Waals surface area contributed by atoms with E-state index >= 15 is 0 Å². The molecule has 0 aliphatic heterocycles. The topological polar surface area (TPSA) is 20.2 Å². The molecular formula is C5H13IOS2. The van der Waals surface area contributed by atoms with Crippen molar-refractivity contribution < 1.29 is 3.44 Å². The summed E-state index contributed by atoms with van der Waals surface area (Å²) >= 11 is -1.79. The molecule has 0 bridgehead atoms. The SMILES string of the molecule is CCCC(C)SI(O)S. The molecule has 1 nitrogen and oxygen atoms in total. The molecular weight excluding hydrogens is 267 g/mol. The summed E-state index contributed by atoms with van der Waals surface area (Å²) in [6, 6.07) is 0. The van der Waals surface area contributed by atoms with Crippen molar-refractivity contribution in [3.05, 3.63) is 0 Å². The van der Waals surface area contributed by atoms with E-state index in [2.05, 4.69) is 23.6 Å². The zero-order chi connectivity index (χ0) is 7.28. The van der Waals surface area contributed by atoms with E-state index < -0.39 is 17.5 Å². The normalized spacial score (nSPS) is 15.3. The van der Waals surface area contributed by atoms with Crippen molar-refractivity contribution in [3.63, 3.8) is 0 Å². The third-order valence-corrected chi connectivity index (χ3v) is 7.20. The Morgan fingerprint density at radius 1 is 1.78 bits per heavy atom. The predicted molar refractivity (Wildman–Crippen MR) is 57.2 cm³/mol. The summed E-state index contributed by atoms with van der Waals surface area (Å²) in [4.78, 5) is 0. The van der Waals surface area contributed by atoms with Crippen LogP contribution in [0.15, 0.2) is 0 Å². The van der Waals surface area contributed by atoms with Crippen LogP contribution in [-0.4, -0.2) is 8.69 Å². The maximum absolute atomic E-state index is 8.93. The molecule has 0 amide bonds. The first-order chi connectivity index (χ1) is 4.16. The van der Waals surface area contributed by atoms with Gasteiger partial charge >= 0.3 is 71.6 Å². The predicted octanol–water partition coefficient (Wildman–Crippen LogP) is 3.08. The van der Waals surface area contributed by atoms with Gasteiger partial charge in [-0.15, -0.1) is 0 Å². The Morgan fingerprint density at radius 2 is 2.33 bits per heavy atom. The number of rotatable bonds is 4. The van der Waals surface area contributed by atoms with Gasteiger partial charge in [-0.3, -0.25) is 0 Å². The second kappa shape index (κ2) is 6.12. The Bertz CT molecular complexity index is 70.0. The van der Waals surface area contributed by atoms with Crippen LogP contribution in [-0.2, 0) is 0 Å². The minimum atomic E-state index is -1.79. The molecule has 4 heteroatoms. The van der Waals surface area contributed by atoms with E-state index in [-0.39, 0.29) is 0 Å². The average Bonchev–Trinajstić information content (AvgIpc) is 1.63. The van der Waals surface area contributed by atoms with Crippen molar-refractivity contribution in [2.24, 2.45) is 0 Å². The summed E-state index contributed by atoms with van der Waals surface area (Å²) in [6.07, 6.45) is 2.39. The van der Waals surface area contributed by atoms with Crippen LogP contribution in [0.5, 0.6) is 0 Å². The van der Waals surface area contributed by atoms with Crippen molar-refractivity contribution in [2.75, 3.05) is 0 Å². The third kappa shape index (κ3) is 7.29. The summed E-state index contributed by atoms with van der Waals surface area (Å²) in [5, 5.41) is 0.600. The summed E-state index contributed by atoms with van der Waals surface area (Å²) in [5.74, 6) is 0. The van der Waals surface area contributed by atoms with Gasteiger partial charge in [0.25, 0.3) is 0 Å². The molecule has 1 unspecified atom stereocenters. The van der Waals surface area contributed by atoms with Gasteiger partial charge in [-0.1, -0.05) is 0 Å². The molecule has 0 saturated heterocycles. The summed E-state index contributed by atoms with van der Waals surface area (Å²) in [5.41, 5.74) is 0. The average molecular weight is 280 g/mol. The van der Waals surface area contributed by atoms with Crippen molar-refractivity contribution >= 4 is 36.2 Å². The van der Waals surface area contributed by atoms with Gasteiger partial charge in [-0.2, -0.15) is 0 Å². The Kier molecular flexibility index (Phi) is 7.07. The molecule has 0 aliphatic rings. The van der Waals surface area contributed by atoms with Crippen molar-refractivity contribution in [1.82, 2.24) is 0 Å². The molecule has 0 spiro atoms. The van der Waals surface area contributed by atoms with E-state index in [1.54, 1.807) is 8.93 Å². The van der Waals surface area contributed by atoms with Crippen LogP contribution in [0.3, 0.4) is 0 Å². The van der Waals surface area contributed by atoms with Crippen molar-refractivity contribution in [1.29, 1.82) is 0 Å². The first kappa shape index (κ1) is 10.4. The van der Waals surface area contributed by atoms with E-state index in [0.29, 0.717) is 5.25 Å². The van der Waals surface area contributed by atoms with Crippen LogP contribution in [0, 0.1) is 0 Å². The fraction of sp³-hybridized carbons (Fsp3) is 1.00. The molecule has 0 aromatic rings. The summed E-state index contributed by atoms with van der Waals surface area (Å²) in [7, 11) is 5.66. The first-order valence-corrected chi connectivity index (χ1v) is 10.5. The number of hydrogen-bond donors (Lipinski definition) is 2. The standard InChI is InChI=1S/C5H13IOS2/c1-3-4-5(2)9-6(7)8/h5,7-8H,3-4H2,1-2H3.